The Labute approximate surface area is 156 Å². The summed E-state index contributed by atoms with van der Waals surface area (Å²) in [5.41, 5.74) is 4.04. The summed E-state index contributed by atoms with van der Waals surface area (Å²) in [5, 5.41) is 10.0. The van der Waals surface area contributed by atoms with E-state index < -0.39 is 0 Å². The van der Waals surface area contributed by atoms with Gasteiger partial charge >= 0.3 is 0 Å². The quantitative estimate of drug-likeness (QED) is 0.467. The lowest BCUT2D eigenvalue weighted by Crippen LogP contribution is -2.12. The molecular weight excluding hydrogens is 324 g/mol. The largest absolute Gasteiger partial charge is 0.309 e. The number of rotatable bonds is 9. The number of anilines is 1. The number of hydrogen-bond donors (Lipinski definition) is 2. The highest BCUT2D eigenvalue weighted by atomic mass is 16.1. The lowest BCUT2D eigenvalue weighted by atomic mass is 10.1. The van der Waals surface area contributed by atoms with E-state index in [0.717, 1.165) is 35.5 Å². The summed E-state index contributed by atoms with van der Waals surface area (Å²) in [6.07, 6.45) is 12.6. The summed E-state index contributed by atoms with van der Waals surface area (Å²) in [4.78, 5) is 17.0. The molecule has 0 bridgehead atoms. The molecule has 0 aliphatic heterocycles. The first-order chi connectivity index (χ1) is 12.5. The van der Waals surface area contributed by atoms with Crippen LogP contribution in [0.4, 0.5) is 5.82 Å². The summed E-state index contributed by atoms with van der Waals surface area (Å²) in [7, 11) is 0. The van der Waals surface area contributed by atoms with Crippen molar-refractivity contribution in [2.45, 2.75) is 65.7 Å². The highest BCUT2D eigenvalue weighted by molar-refractivity contribution is 5.97. The molecule has 2 N–H and O–H groups in total. The van der Waals surface area contributed by atoms with Gasteiger partial charge in [-0.05, 0) is 51.7 Å². The van der Waals surface area contributed by atoms with Crippen LogP contribution in [0.1, 0.15) is 71.4 Å². The van der Waals surface area contributed by atoms with E-state index in [1.807, 2.05) is 32.1 Å². The van der Waals surface area contributed by atoms with E-state index in [1.165, 1.54) is 12.8 Å². The van der Waals surface area contributed by atoms with Crippen molar-refractivity contribution in [2.75, 3.05) is 5.32 Å². The van der Waals surface area contributed by atoms with Gasteiger partial charge in [-0.15, -0.1) is 0 Å². The van der Waals surface area contributed by atoms with Gasteiger partial charge in [0.1, 0.15) is 0 Å². The molecule has 0 unspecified atom stereocenters. The Kier molecular flexibility index (Phi) is 7.57. The fraction of sp³-hybridized carbons (Fsp3) is 0.476. The first-order valence-electron chi connectivity index (χ1n) is 9.44. The molecule has 0 spiro atoms. The van der Waals surface area contributed by atoms with Crippen molar-refractivity contribution in [3.8, 4) is 0 Å². The van der Waals surface area contributed by atoms with E-state index in [0.29, 0.717) is 11.7 Å². The van der Waals surface area contributed by atoms with Crippen LogP contribution in [-0.4, -0.2) is 21.8 Å². The summed E-state index contributed by atoms with van der Waals surface area (Å²) in [6, 6.07) is 1.93. The molecule has 5 heteroatoms. The van der Waals surface area contributed by atoms with Crippen LogP contribution >= 0.6 is 0 Å². The molecule has 0 atom stereocenters. The van der Waals surface area contributed by atoms with Crippen molar-refractivity contribution in [2.24, 2.45) is 4.99 Å². The van der Waals surface area contributed by atoms with E-state index in [2.05, 4.69) is 41.5 Å². The number of hydrogen-bond acceptors (Lipinski definition) is 3. The van der Waals surface area contributed by atoms with Gasteiger partial charge in [-0.25, -0.2) is 0 Å². The zero-order valence-corrected chi connectivity index (χ0v) is 16.3. The maximum Gasteiger partial charge on any atom is 0.231 e. The van der Waals surface area contributed by atoms with Gasteiger partial charge in [0, 0.05) is 29.1 Å². The monoisotopic (exact) mass is 354 g/mol. The second-order valence-corrected chi connectivity index (χ2v) is 6.73. The average molecular weight is 354 g/mol. The number of H-pyrrole nitrogens is 1. The standard InChI is InChI=1S/C21H30N4O/c1-5-8-15(4)12-18(9-6-2)22-17(7-3)13-21(26)23-20-14-19(24-25-20)16-10-11-16/h5,7-8,12,14,16H,6,9-11,13H2,1-4H3,(H2,23,24,25,26)/b8-5-,15-12-,17-7-,22-18-. The third kappa shape index (κ3) is 6.47. The number of carbonyl (C=O) groups is 1. The van der Waals surface area contributed by atoms with Gasteiger partial charge in [-0.2, -0.15) is 5.10 Å². The summed E-state index contributed by atoms with van der Waals surface area (Å²) in [6.45, 7) is 8.10. The van der Waals surface area contributed by atoms with E-state index in [-0.39, 0.29) is 12.3 Å². The van der Waals surface area contributed by atoms with Crippen LogP contribution in [0.3, 0.4) is 0 Å². The van der Waals surface area contributed by atoms with Crippen molar-refractivity contribution in [1.82, 2.24) is 10.2 Å². The molecule has 2 rings (SSSR count). The first-order valence-corrected chi connectivity index (χ1v) is 9.44. The summed E-state index contributed by atoms with van der Waals surface area (Å²) < 4.78 is 0. The number of carbonyl (C=O) groups excluding carboxylic acids is 1. The Morgan fingerprint density at radius 3 is 2.81 bits per heavy atom. The summed E-state index contributed by atoms with van der Waals surface area (Å²) in [5.74, 6) is 1.09. The van der Waals surface area contributed by atoms with Crippen LogP contribution in [0.2, 0.25) is 0 Å². The minimum absolute atomic E-state index is 0.0966. The molecule has 1 saturated carbocycles. The predicted octanol–water partition coefficient (Wildman–Crippen LogP) is 5.28. The Morgan fingerprint density at radius 1 is 1.42 bits per heavy atom. The van der Waals surface area contributed by atoms with E-state index >= 15 is 0 Å². The lowest BCUT2D eigenvalue weighted by molar-refractivity contribution is -0.115. The third-order valence-electron chi connectivity index (χ3n) is 4.17. The van der Waals surface area contributed by atoms with Crippen LogP contribution in [0.15, 0.2) is 46.6 Å². The Bertz CT molecular complexity index is 733. The maximum atomic E-state index is 12.3. The zero-order valence-electron chi connectivity index (χ0n) is 16.3. The highest BCUT2D eigenvalue weighted by Crippen LogP contribution is 2.39. The molecule has 0 radical (unpaired) electrons. The van der Waals surface area contributed by atoms with Gasteiger partial charge in [0.2, 0.25) is 5.91 Å². The van der Waals surface area contributed by atoms with Crippen molar-refractivity contribution >= 4 is 17.4 Å². The third-order valence-corrected chi connectivity index (χ3v) is 4.17. The van der Waals surface area contributed by atoms with Gasteiger partial charge in [0.05, 0.1) is 6.42 Å². The van der Waals surface area contributed by atoms with Crippen molar-refractivity contribution in [3.05, 3.63) is 47.3 Å². The second kappa shape index (κ2) is 9.90. The van der Waals surface area contributed by atoms with Crippen LogP contribution in [0.25, 0.3) is 0 Å². The second-order valence-electron chi connectivity index (χ2n) is 6.73. The Balaban J connectivity index is 2.00. The SMILES string of the molecule is C\C=C/C(C)=C\C(CCC)=N/C(=C\C)CC(=O)Nc1cc(C2CC2)[nH]n1. The minimum Gasteiger partial charge on any atom is -0.309 e. The number of aromatic amines is 1. The molecular formula is C21H30N4O. The average Bonchev–Trinajstić information content (AvgIpc) is 3.34. The molecule has 0 aromatic carbocycles. The smallest absolute Gasteiger partial charge is 0.231 e. The van der Waals surface area contributed by atoms with Crippen LogP contribution in [0, 0.1) is 0 Å². The van der Waals surface area contributed by atoms with E-state index in [9.17, 15) is 4.79 Å². The van der Waals surface area contributed by atoms with Crippen LogP contribution in [0.5, 0.6) is 0 Å². The van der Waals surface area contributed by atoms with Crippen molar-refractivity contribution < 1.29 is 4.79 Å². The molecule has 1 fully saturated rings. The molecule has 26 heavy (non-hydrogen) atoms. The van der Waals surface area contributed by atoms with Crippen LogP contribution in [-0.2, 0) is 4.79 Å². The molecule has 140 valence electrons. The molecule has 1 aromatic rings. The number of aliphatic imine (C=N–C) groups is 1. The lowest BCUT2D eigenvalue weighted by Gasteiger charge is -2.06. The van der Waals surface area contributed by atoms with E-state index in [1.54, 1.807) is 0 Å². The Morgan fingerprint density at radius 2 is 2.19 bits per heavy atom. The Hall–Kier alpha value is -2.43. The van der Waals surface area contributed by atoms with E-state index in [4.69, 9.17) is 4.99 Å². The fourth-order valence-electron chi connectivity index (χ4n) is 2.74. The zero-order chi connectivity index (χ0) is 18.9. The number of nitrogens with one attached hydrogen (secondary N) is 2. The molecule has 1 aliphatic rings. The molecule has 1 amide bonds. The van der Waals surface area contributed by atoms with Crippen molar-refractivity contribution in [3.63, 3.8) is 0 Å². The first kappa shape index (κ1) is 19.9. The van der Waals surface area contributed by atoms with Crippen LogP contribution < -0.4 is 5.32 Å². The van der Waals surface area contributed by atoms with Gasteiger partial charge < -0.3 is 5.32 Å². The number of aromatic nitrogens is 2. The molecule has 5 nitrogen and oxygen atoms in total. The fourth-order valence-corrected chi connectivity index (χ4v) is 2.74. The normalized spacial score (nSPS) is 16.4. The summed E-state index contributed by atoms with van der Waals surface area (Å²) >= 11 is 0. The maximum absolute atomic E-state index is 12.3. The molecule has 1 aromatic heterocycles. The minimum atomic E-state index is -0.0966. The number of amides is 1. The predicted molar refractivity (Wildman–Crippen MR) is 108 cm³/mol. The van der Waals surface area contributed by atoms with Gasteiger partial charge in [-0.3, -0.25) is 14.9 Å². The van der Waals surface area contributed by atoms with Gasteiger partial charge in [-0.1, -0.05) is 31.6 Å². The highest BCUT2D eigenvalue weighted by Gasteiger charge is 2.25. The number of nitrogens with zero attached hydrogens (tertiary/aromatic N) is 2. The van der Waals surface area contributed by atoms with Crippen molar-refractivity contribution in [1.29, 1.82) is 0 Å². The topological polar surface area (TPSA) is 70.1 Å². The molecule has 0 saturated heterocycles. The molecule has 1 heterocycles. The molecule has 1 aliphatic carbocycles. The number of allylic oxidation sites excluding steroid dienone is 5. The van der Waals surface area contributed by atoms with Gasteiger partial charge in [0.15, 0.2) is 5.82 Å². The van der Waals surface area contributed by atoms with Gasteiger partial charge in [0.25, 0.3) is 0 Å².